The Bertz CT molecular complexity index is 680. The number of rotatable bonds is 6. The maximum atomic E-state index is 11.8. The quantitative estimate of drug-likeness (QED) is 0.838. The van der Waals surface area contributed by atoms with Gasteiger partial charge >= 0.3 is 23.3 Å². The normalized spacial score (nSPS) is 10.2. The lowest BCUT2D eigenvalue weighted by Crippen LogP contribution is -2.12. The van der Waals surface area contributed by atoms with Gasteiger partial charge in [-0.1, -0.05) is 24.3 Å². The number of hydrogen-bond acceptors (Lipinski definition) is 5. The lowest BCUT2D eigenvalue weighted by molar-refractivity contribution is 0.0684. The zero-order valence-corrected chi connectivity index (χ0v) is 11.8. The molecule has 0 spiro atoms. The molecule has 2 aromatic rings. The zero-order valence-electron chi connectivity index (χ0n) is 11.0. The Hall–Kier alpha value is -2.87. The Morgan fingerprint density at radius 2 is 1.14 bits per heavy atom. The van der Waals surface area contributed by atoms with Gasteiger partial charge in [-0.3, -0.25) is 0 Å². The molecular weight excluding hydrogens is 312 g/mol. The first-order chi connectivity index (χ1) is 10.5. The third-order valence-electron chi connectivity index (χ3n) is 2.55. The van der Waals surface area contributed by atoms with Gasteiger partial charge in [0, 0.05) is 0 Å². The summed E-state index contributed by atoms with van der Waals surface area (Å²) in [7, 11) is 0. The molecule has 0 aliphatic heterocycles. The van der Waals surface area contributed by atoms with Crippen LogP contribution in [0.4, 0.5) is 0 Å². The minimum absolute atomic E-state index is 0.152. The molecule has 2 N–H and O–H groups in total. The summed E-state index contributed by atoms with van der Waals surface area (Å²) in [6.45, 7) is 0. The summed E-state index contributed by atoms with van der Waals surface area (Å²) in [6.07, 6.45) is 0. The van der Waals surface area contributed by atoms with Crippen molar-refractivity contribution in [3.05, 3.63) is 59.7 Å². The average Bonchev–Trinajstić information content (AvgIpc) is 2.47. The minimum Gasteiger partial charge on any atom is -0.478 e. The van der Waals surface area contributed by atoms with Gasteiger partial charge in [0.25, 0.3) is 0 Å². The second kappa shape index (κ2) is 6.72. The first-order valence-electron chi connectivity index (χ1n) is 5.92. The molecule has 0 amide bonds. The Morgan fingerprint density at radius 3 is 1.50 bits per heavy atom. The van der Waals surface area contributed by atoms with E-state index >= 15 is 0 Å². The number of aromatic carboxylic acids is 2. The molecule has 0 aliphatic carbocycles. The van der Waals surface area contributed by atoms with E-state index in [1.807, 2.05) is 0 Å². The highest BCUT2D eigenvalue weighted by molar-refractivity contribution is 7.76. The van der Waals surface area contributed by atoms with Crippen LogP contribution in [-0.4, -0.2) is 26.4 Å². The van der Waals surface area contributed by atoms with E-state index in [-0.39, 0.29) is 22.6 Å². The van der Waals surface area contributed by atoms with Crippen molar-refractivity contribution >= 4 is 23.3 Å². The number of carboxylic acid groups (broad SMARTS) is 2. The van der Waals surface area contributed by atoms with Crippen molar-refractivity contribution in [1.29, 1.82) is 0 Å². The van der Waals surface area contributed by atoms with E-state index in [2.05, 4.69) is 0 Å². The van der Waals surface area contributed by atoms with Crippen molar-refractivity contribution in [2.45, 2.75) is 0 Å². The van der Waals surface area contributed by atoms with E-state index < -0.39 is 23.3 Å². The van der Waals surface area contributed by atoms with E-state index in [4.69, 9.17) is 18.6 Å². The summed E-state index contributed by atoms with van der Waals surface area (Å²) in [6, 6.07) is 11.2. The molecule has 0 bridgehead atoms. The summed E-state index contributed by atoms with van der Waals surface area (Å²) in [4.78, 5) is 22.0. The SMILES string of the molecule is O=C(O)c1ccccc1OS(=O)Oc1ccccc1C(=O)O. The molecule has 0 fully saturated rings. The molecule has 0 saturated carbocycles. The van der Waals surface area contributed by atoms with Crippen LogP contribution in [0.1, 0.15) is 20.7 Å². The molecule has 2 aromatic carbocycles. The highest BCUT2D eigenvalue weighted by Crippen LogP contribution is 2.22. The van der Waals surface area contributed by atoms with Crippen LogP contribution in [0, 0.1) is 0 Å². The van der Waals surface area contributed by atoms with Crippen molar-refractivity contribution in [1.82, 2.24) is 0 Å². The largest absolute Gasteiger partial charge is 0.478 e. The first-order valence-corrected chi connectivity index (χ1v) is 6.92. The summed E-state index contributed by atoms with van der Waals surface area (Å²) < 4.78 is 21.7. The molecule has 114 valence electrons. The lowest BCUT2D eigenvalue weighted by Gasteiger charge is -2.09. The maximum Gasteiger partial charge on any atom is 0.417 e. The number of carboxylic acids is 2. The predicted octanol–water partition coefficient (Wildman–Crippen LogP) is 2.12. The molecule has 2 rings (SSSR count). The van der Waals surface area contributed by atoms with Crippen LogP contribution in [0.3, 0.4) is 0 Å². The molecule has 0 aliphatic rings. The van der Waals surface area contributed by atoms with Gasteiger partial charge in [-0.2, -0.15) is 4.21 Å². The highest BCUT2D eigenvalue weighted by atomic mass is 32.2. The molecule has 0 radical (unpaired) electrons. The monoisotopic (exact) mass is 322 g/mol. The Balaban J connectivity index is 2.18. The van der Waals surface area contributed by atoms with Crippen LogP contribution < -0.4 is 8.37 Å². The van der Waals surface area contributed by atoms with Crippen LogP contribution in [0.25, 0.3) is 0 Å². The van der Waals surface area contributed by atoms with Crippen LogP contribution >= 0.6 is 0 Å². The fourth-order valence-electron chi connectivity index (χ4n) is 1.60. The van der Waals surface area contributed by atoms with Gasteiger partial charge in [-0.15, -0.1) is 0 Å². The second-order valence-corrected chi connectivity index (χ2v) is 4.71. The zero-order chi connectivity index (χ0) is 16.1. The minimum atomic E-state index is -2.40. The Morgan fingerprint density at radius 1 is 0.773 bits per heavy atom. The fraction of sp³-hybridized carbons (Fsp3) is 0. The molecule has 0 heterocycles. The second-order valence-electron chi connectivity index (χ2n) is 3.97. The van der Waals surface area contributed by atoms with Crippen molar-refractivity contribution in [3.63, 3.8) is 0 Å². The van der Waals surface area contributed by atoms with Gasteiger partial charge in [-0.25, -0.2) is 9.59 Å². The van der Waals surface area contributed by atoms with Gasteiger partial charge in [0.15, 0.2) is 11.5 Å². The summed E-state index contributed by atoms with van der Waals surface area (Å²) in [5.74, 6) is -2.81. The maximum absolute atomic E-state index is 11.8. The van der Waals surface area contributed by atoms with Crippen molar-refractivity contribution in [3.8, 4) is 11.5 Å². The van der Waals surface area contributed by atoms with Crippen molar-refractivity contribution < 1.29 is 32.4 Å². The summed E-state index contributed by atoms with van der Waals surface area (Å²) in [5, 5.41) is 18.0. The molecule has 7 nitrogen and oxygen atoms in total. The number of hydrogen-bond donors (Lipinski definition) is 2. The lowest BCUT2D eigenvalue weighted by atomic mass is 10.2. The predicted molar refractivity (Wildman–Crippen MR) is 76.2 cm³/mol. The highest BCUT2D eigenvalue weighted by Gasteiger charge is 2.17. The first kappa shape index (κ1) is 15.5. The van der Waals surface area contributed by atoms with E-state index in [1.54, 1.807) is 0 Å². The van der Waals surface area contributed by atoms with Crippen molar-refractivity contribution in [2.75, 3.05) is 0 Å². The number of carbonyl (C=O) groups is 2. The standard InChI is InChI=1S/C14H10O7S/c15-13(16)9-5-1-3-7-11(9)20-22(19)21-12-8-4-2-6-10(12)14(17)18/h1-8H,(H,15,16)(H,17,18). The summed E-state index contributed by atoms with van der Waals surface area (Å²) >= 11 is -2.40. The molecular formula is C14H10O7S. The molecule has 0 unspecified atom stereocenters. The molecule has 0 aromatic heterocycles. The summed E-state index contributed by atoms with van der Waals surface area (Å²) in [5.41, 5.74) is -0.378. The average molecular weight is 322 g/mol. The van der Waals surface area contributed by atoms with Gasteiger partial charge in [-0.05, 0) is 24.3 Å². The van der Waals surface area contributed by atoms with Gasteiger partial charge < -0.3 is 18.6 Å². The van der Waals surface area contributed by atoms with E-state index in [1.165, 1.54) is 48.5 Å². The van der Waals surface area contributed by atoms with Crippen LogP contribution in [-0.2, 0) is 11.4 Å². The molecule has 8 heteroatoms. The number of benzene rings is 2. The Labute approximate surface area is 127 Å². The van der Waals surface area contributed by atoms with Crippen LogP contribution in [0.15, 0.2) is 48.5 Å². The van der Waals surface area contributed by atoms with E-state index in [0.717, 1.165) is 0 Å². The third kappa shape index (κ3) is 3.61. The molecule has 0 atom stereocenters. The van der Waals surface area contributed by atoms with E-state index in [9.17, 15) is 13.8 Å². The van der Waals surface area contributed by atoms with Gasteiger partial charge in [0.2, 0.25) is 0 Å². The smallest absolute Gasteiger partial charge is 0.417 e. The van der Waals surface area contributed by atoms with Gasteiger partial charge in [0.05, 0.1) is 0 Å². The molecule has 22 heavy (non-hydrogen) atoms. The van der Waals surface area contributed by atoms with Crippen LogP contribution in [0.2, 0.25) is 0 Å². The fourth-order valence-corrected chi connectivity index (χ4v) is 2.21. The Kier molecular flexibility index (Phi) is 4.74. The molecule has 0 saturated heterocycles. The number of para-hydroxylation sites is 2. The topological polar surface area (TPSA) is 110 Å². The van der Waals surface area contributed by atoms with Gasteiger partial charge in [0.1, 0.15) is 11.1 Å². The third-order valence-corrected chi connectivity index (χ3v) is 3.18. The van der Waals surface area contributed by atoms with Crippen LogP contribution in [0.5, 0.6) is 11.5 Å². The van der Waals surface area contributed by atoms with Crippen molar-refractivity contribution in [2.24, 2.45) is 0 Å². The van der Waals surface area contributed by atoms with E-state index in [0.29, 0.717) is 0 Å².